The second-order valence-electron chi connectivity index (χ2n) is 8.14. The minimum Gasteiger partial charge on any atom is -0.381 e. The maximum Gasteiger partial charge on any atom is 0.416 e. The van der Waals surface area contributed by atoms with Crippen LogP contribution in [0.25, 0.3) is 0 Å². The number of rotatable bonds is 6. The van der Waals surface area contributed by atoms with E-state index < -0.39 is 23.7 Å². The first-order valence-corrected chi connectivity index (χ1v) is 10.5. The van der Waals surface area contributed by atoms with Crippen molar-refractivity contribution in [1.82, 2.24) is 14.9 Å². The van der Waals surface area contributed by atoms with Gasteiger partial charge in [-0.3, -0.25) is 10.2 Å². The van der Waals surface area contributed by atoms with E-state index in [0.29, 0.717) is 18.0 Å². The van der Waals surface area contributed by atoms with Gasteiger partial charge in [0.1, 0.15) is 0 Å². The third-order valence-corrected chi connectivity index (χ3v) is 5.72. The summed E-state index contributed by atoms with van der Waals surface area (Å²) in [6.45, 7) is 2.45. The van der Waals surface area contributed by atoms with Crippen LogP contribution in [0.4, 0.5) is 17.6 Å². The maximum absolute atomic E-state index is 15.1. The van der Waals surface area contributed by atoms with Crippen molar-refractivity contribution in [2.75, 3.05) is 19.8 Å². The first-order chi connectivity index (χ1) is 14.9. The van der Waals surface area contributed by atoms with E-state index in [-0.39, 0.29) is 18.4 Å². The molecule has 9 heteroatoms. The van der Waals surface area contributed by atoms with Crippen LogP contribution in [0.5, 0.6) is 0 Å². The molecule has 5 nitrogen and oxygen atoms in total. The van der Waals surface area contributed by atoms with Gasteiger partial charge in [0.25, 0.3) is 0 Å². The Kier molecular flexibility index (Phi) is 6.58. The Balaban J connectivity index is 1.43. The van der Waals surface area contributed by atoms with Crippen molar-refractivity contribution in [3.8, 4) is 0 Å². The van der Waals surface area contributed by atoms with Crippen LogP contribution in [0.2, 0.25) is 0 Å². The van der Waals surface area contributed by atoms with Crippen molar-refractivity contribution in [3.63, 3.8) is 0 Å². The van der Waals surface area contributed by atoms with Crippen molar-refractivity contribution in [2.24, 2.45) is 10.9 Å². The minimum atomic E-state index is -4.38. The Morgan fingerprint density at radius 1 is 1.13 bits per heavy atom. The molecule has 31 heavy (non-hydrogen) atoms. The van der Waals surface area contributed by atoms with Gasteiger partial charge in [-0.2, -0.15) is 22.2 Å². The SMILES string of the molecule is FC1=CC(NCC2CCOCC2)N=C=[N+]=C1N(Cc1ccc(C(F)(F)F)cc1)C1CC1. The summed E-state index contributed by atoms with van der Waals surface area (Å²) < 4.78 is 63.0. The van der Waals surface area contributed by atoms with Crippen LogP contribution in [-0.2, 0) is 17.5 Å². The lowest BCUT2D eigenvalue weighted by Gasteiger charge is -2.22. The van der Waals surface area contributed by atoms with Crippen LogP contribution in [-0.4, -0.2) is 48.7 Å². The highest BCUT2D eigenvalue weighted by Gasteiger charge is 2.39. The standard InChI is InChI=1S/C22H25F4N4O/c23-19-11-20(27-12-15-7-9-31-10-8-15)28-14-29-21(19)30(18-5-6-18)13-16-1-3-17(4-2-16)22(24,25)26/h1-4,11,15,18,20,27H,5-10,12-13H2/q+1. The maximum atomic E-state index is 15.1. The van der Waals surface area contributed by atoms with E-state index in [1.165, 1.54) is 18.2 Å². The van der Waals surface area contributed by atoms with Gasteiger partial charge >= 0.3 is 18.0 Å². The van der Waals surface area contributed by atoms with E-state index in [1.54, 1.807) is 4.90 Å². The number of nitrogens with one attached hydrogen (secondary N) is 1. The molecule has 2 heterocycles. The Morgan fingerprint density at radius 3 is 2.48 bits per heavy atom. The van der Waals surface area contributed by atoms with Crippen molar-refractivity contribution < 1.29 is 22.3 Å². The largest absolute Gasteiger partial charge is 0.416 e. The molecule has 3 aliphatic rings. The Morgan fingerprint density at radius 2 is 1.84 bits per heavy atom. The van der Waals surface area contributed by atoms with Gasteiger partial charge in [0.15, 0.2) is 6.17 Å². The molecule has 1 saturated heterocycles. The predicted octanol–water partition coefficient (Wildman–Crippen LogP) is 3.52. The molecule has 1 unspecified atom stereocenters. The topological polar surface area (TPSA) is 51.0 Å². The normalized spacial score (nSPS) is 22.1. The van der Waals surface area contributed by atoms with E-state index >= 15 is 4.39 Å². The summed E-state index contributed by atoms with van der Waals surface area (Å²) in [4.78, 5) is 5.96. The number of alkyl halides is 3. The number of halogens is 4. The highest BCUT2D eigenvalue weighted by molar-refractivity contribution is 5.97. The van der Waals surface area contributed by atoms with E-state index in [2.05, 4.69) is 21.0 Å². The van der Waals surface area contributed by atoms with Gasteiger partial charge in [-0.05, 0) is 49.3 Å². The van der Waals surface area contributed by atoms with Crippen molar-refractivity contribution in [1.29, 1.82) is 0 Å². The molecule has 1 aromatic rings. The van der Waals surface area contributed by atoms with Crippen LogP contribution in [0, 0.1) is 5.92 Å². The van der Waals surface area contributed by atoms with Gasteiger partial charge in [-0.15, -0.1) is 0 Å². The first kappa shape index (κ1) is 21.8. The van der Waals surface area contributed by atoms with Crippen LogP contribution in [0.3, 0.4) is 0 Å². The monoisotopic (exact) mass is 437 g/mol. The zero-order valence-electron chi connectivity index (χ0n) is 17.0. The Bertz CT molecular complexity index is 904. The summed E-state index contributed by atoms with van der Waals surface area (Å²) in [7, 11) is 0. The van der Waals surface area contributed by atoms with Crippen LogP contribution in [0.1, 0.15) is 36.8 Å². The molecule has 2 fully saturated rings. The van der Waals surface area contributed by atoms with Crippen LogP contribution in [0.15, 0.2) is 41.2 Å². The third-order valence-electron chi connectivity index (χ3n) is 5.72. The first-order valence-electron chi connectivity index (χ1n) is 10.5. The number of benzene rings is 1. The summed E-state index contributed by atoms with van der Waals surface area (Å²) >= 11 is 0. The molecule has 1 N–H and O–H groups in total. The van der Waals surface area contributed by atoms with E-state index in [4.69, 9.17) is 4.74 Å². The smallest absolute Gasteiger partial charge is 0.381 e. The zero-order chi connectivity index (χ0) is 21.8. The van der Waals surface area contributed by atoms with Gasteiger partial charge in [0.2, 0.25) is 5.83 Å². The van der Waals surface area contributed by atoms with Crippen molar-refractivity contribution in [2.45, 2.75) is 50.6 Å². The summed E-state index contributed by atoms with van der Waals surface area (Å²) in [5, 5.41) is 3.24. The second kappa shape index (κ2) is 9.37. The van der Waals surface area contributed by atoms with Crippen molar-refractivity contribution >= 4 is 11.8 Å². The fraction of sp³-hybridized carbons (Fsp3) is 0.545. The minimum absolute atomic E-state index is 0.105. The zero-order valence-corrected chi connectivity index (χ0v) is 17.0. The van der Waals surface area contributed by atoms with E-state index in [0.717, 1.165) is 51.0 Å². The molecular formula is C22H25F4N4O+. The van der Waals surface area contributed by atoms with Crippen LogP contribution < -0.4 is 9.98 Å². The molecule has 1 atom stereocenters. The lowest BCUT2D eigenvalue weighted by molar-refractivity contribution is -0.137. The Hall–Kier alpha value is -2.44. The summed E-state index contributed by atoms with van der Waals surface area (Å²) in [5.74, 6) is 0.0882. The number of hydrogen-bond donors (Lipinski definition) is 1. The highest BCUT2D eigenvalue weighted by atomic mass is 19.4. The molecule has 1 aromatic carbocycles. The molecular weight excluding hydrogens is 412 g/mol. The van der Waals surface area contributed by atoms with Gasteiger partial charge in [-0.25, -0.2) is 0 Å². The van der Waals surface area contributed by atoms with Gasteiger partial charge < -0.3 is 4.74 Å². The van der Waals surface area contributed by atoms with E-state index in [1.807, 2.05) is 0 Å². The summed E-state index contributed by atoms with van der Waals surface area (Å²) in [6.07, 6.45) is 0.141. The highest BCUT2D eigenvalue weighted by Crippen LogP contribution is 2.32. The summed E-state index contributed by atoms with van der Waals surface area (Å²) in [6, 6.07) is 7.63. The number of ether oxygens (including phenoxy) is 1. The fourth-order valence-electron chi connectivity index (χ4n) is 3.75. The van der Waals surface area contributed by atoms with Gasteiger partial charge in [0.05, 0.1) is 18.2 Å². The van der Waals surface area contributed by atoms with Crippen molar-refractivity contribution in [3.05, 3.63) is 47.3 Å². The number of nitrogens with zero attached hydrogens (tertiary/aromatic N) is 3. The molecule has 166 valence electrons. The Labute approximate surface area is 178 Å². The fourth-order valence-corrected chi connectivity index (χ4v) is 3.75. The van der Waals surface area contributed by atoms with Crippen LogP contribution >= 0.6 is 0 Å². The molecule has 0 aromatic heterocycles. The number of hydrogen-bond acceptors (Lipinski definition) is 4. The molecule has 0 spiro atoms. The summed E-state index contributed by atoms with van der Waals surface area (Å²) in [5.41, 5.74) is -0.0446. The third kappa shape index (κ3) is 5.83. The molecule has 0 amide bonds. The second-order valence-corrected chi connectivity index (χ2v) is 8.14. The molecule has 1 aliphatic carbocycles. The number of amidine groups is 1. The average Bonchev–Trinajstić information content (AvgIpc) is 3.60. The van der Waals surface area contributed by atoms with Gasteiger partial charge in [0, 0.05) is 25.8 Å². The van der Waals surface area contributed by atoms with E-state index in [9.17, 15) is 13.2 Å². The molecule has 0 bridgehead atoms. The molecule has 2 aliphatic heterocycles. The average molecular weight is 437 g/mol. The lowest BCUT2D eigenvalue weighted by atomic mass is 10.0. The quantitative estimate of drug-likeness (QED) is 0.547. The molecule has 0 radical (unpaired) electrons. The van der Waals surface area contributed by atoms with Gasteiger partial charge in [-0.1, -0.05) is 17.1 Å². The molecule has 1 saturated carbocycles. The predicted molar refractivity (Wildman–Crippen MR) is 109 cm³/mol. The lowest BCUT2D eigenvalue weighted by Crippen LogP contribution is -2.36. The number of aliphatic imine (C=N–C) groups is 1. The molecule has 4 rings (SSSR count).